The van der Waals surface area contributed by atoms with Crippen LogP contribution >= 0.6 is 0 Å². The van der Waals surface area contributed by atoms with Gasteiger partial charge in [0.05, 0.1) is 6.20 Å². The van der Waals surface area contributed by atoms with Gasteiger partial charge in [0.2, 0.25) is 0 Å². The number of aromatic amines is 1. The van der Waals surface area contributed by atoms with Crippen LogP contribution in [0.5, 0.6) is 0 Å². The minimum Gasteiger partial charge on any atom is -0.385 e. The standard InChI is InChI=1S/C8H9F2N3O3/c9-7(10)5(14)2-13-8(16)4-1-12-6(15)3-11-4/h1,3,5,7,14H,2H2,(H,12,15)(H,13,16). The molecule has 6 nitrogen and oxygen atoms in total. The van der Waals surface area contributed by atoms with Crippen LogP contribution in [0.2, 0.25) is 0 Å². The predicted octanol–water partition coefficient (Wildman–Crippen LogP) is -0.874. The second kappa shape index (κ2) is 5.31. The van der Waals surface area contributed by atoms with Gasteiger partial charge in [-0.1, -0.05) is 0 Å². The number of aromatic nitrogens is 2. The number of amides is 1. The molecule has 1 aromatic rings. The number of nitrogens with one attached hydrogen (secondary N) is 2. The first-order valence-corrected chi connectivity index (χ1v) is 4.30. The zero-order chi connectivity index (χ0) is 12.1. The Hall–Kier alpha value is -1.83. The highest BCUT2D eigenvalue weighted by Crippen LogP contribution is 1.98. The van der Waals surface area contributed by atoms with E-state index in [0.29, 0.717) is 0 Å². The van der Waals surface area contributed by atoms with Crippen molar-refractivity contribution >= 4 is 5.91 Å². The molecule has 1 heterocycles. The summed E-state index contributed by atoms with van der Waals surface area (Å²) in [5, 5.41) is 10.8. The molecule has 88 valence electrons. The van der Waals surface area contributed by atoms with Crippen molar-refractivity contribution in [3.8, 4) is 0 Å². The van der Waals surface area contributed by atoms with E-state index >= 15 is 0 Å². The zero-order valence-electron chi connectivity index (χ0n) is 7.98. The molecule has 3 N–H and O–H groups in total. The van der Waals surface area contributed by atoms with Gasteiger partial charge < -0.3 is 15.4 Å². The van der Waals surface area contributed by atoms with E-state index in [9.17, 15) is 18.4 Å². The quantitative estimate of drug-likeness (QED) is 0.629. The van der Waals surface area contributed by atoms with Crippen molar-refractivity contribution in [1.29, 1.82) is 0 Å². The summed E-state index contributed by atoms with van der Waals surface area (Å²) in [6, 6.07) is 0. The molecule has 0 radical (unpaired) electrons. The molecule has 0 spiro atoms. The summed E-state index contributed by atoms with van der Waals surface area (Å²) in [7, 11) is 0. The van der Waals surface area contributed by atoms with Gasteiger partial charge in [-0.25, -0.2) is 13.8 Å². The Labute approximate surface area is 88.3 Å². The van der Waals surface area contributed by atoms with E-state index in [1.54, 1.807) is 0 Å². The van der Waals surface area contributed by atoms with E-state index in [1.807, 2.05) is 5.32 Å². The predicted molar refractivity (Wildman–Crippen MR) is 49.2 cm³/mol. The summed E-state index contributed by atoms with van der Waals surface area (Å²) >= 11 is 0. The smallest absolute Gasteiger partial charge is 0.271 e. The summed E-state index contributed by atoms with van der Waals surface area (Å²) in [5.74, 6) is -0.754. The van der Waals surface area contributed by atoms with E-state index in [0.717, 1.165) is 12.4 Å². The summed E-state index contributed by atoms with van der Waals surface area (Å²) in [5.41, 5.74) is -0.606. The molecule has 0 aliphatic carbocycles. The summed E-state index contributed by atoms with van der Waals surface area (Å²) < 4.78 is 23.7. The Kier molecular flexibility index (Phi) is 4.06. The molecule has 1 rings (SSSR count). The topological polar surface area (TPSA) is 95.1 Å². The molecular formula is C8H9F2N3O3. The molecule has 1 aromatic heterocycles. The molecule has 0 aliphatic rings. The monoisotopic (exact) mass is 233 g/mol. The van der Waals surface area contributed by atoms with Crippen LogP contribution in [-0.4, -0.2) is 40.1 Å². The fraction of sp³-hybridized carbons (Fsp3) is 0.375. The van der Waals surface area contributed by atoms with Crippen molar-refractivity contribution in [3.05, 3.63) is 28.4 Å². The van der Waals surface area contributed by atoms with Crippen molar-refractivity contribution < 1.29 is 18.7 Å². The van der Waals surface area contributed by atoms with Crippen LogP contribution in [0.4, 0.5) is 8.78 Å². The first kappa shape index (κ1) is 12.2. The highest BCUT2D eigenvalue weighted by molar-refractivity contribution is 5.91. The molecule has 0 saturated carbocycles. The number of aliphatic hydroxyl groups is 1. The summed E-state index contributed by atoms with van der Waals surface area (Å²) in [6.07, 6.45) is -2.92. The van der Waals surface area contributed by atoms with Crippen LogP contribution in [0.25, 0.3) is 0 Å². The average Bonchev–Trinajstić information content (AvgIpc) is 2.26. The maximum Gasteiger partial charge on any atom is 0.271 e. The van der Waals surface area contributed by atoms with E-state index in [-0.39, 0.29) is 5.69 Å². The van der Waals surface area contributed by atoms with Crippen molar-refractivity contribution in [1.82, 2.24) is 15.3 Å². The Morgan fingerprint density at radius 3 is 2.81 bits per heavy atom. The van der Waals surface area contributed by atoms with Gasteiger partial charge >= 0.3 is 0 Å². The number of nitrogens with zero attached hydrogens (tertiary/aromatic N) is 1. The number of H-pyrrole nitrogens is 1. The Morgan fingerprint density at radius 2 is 2.31 bits per heavy atom. The van der Waals surface area contributed by atoms with Crippen molar-refractivity contribution in [2.24, 2.45) is 0 Å². The highest BCUT2D eigenvalue weighted by atomic mass is 19.3. The number of aliphatic hydroxyl groups excluding tert-OH is 1. The fourth-order valence-corrected chi connectivity index (χ4v) is 0.843. The second-order valence-corrected chi connectivity index (χ2v) is 2.91. The van der Waals surface area contributed by atoms with Gasteiger partial charge in [0, 0.05) is 12.7 Å². The number of hydrogen-bond acceptors (Lipinski definition) is 4. The molecule has 0 fully saturated rings. The third kappa shape index (κ3) is 3.39. The number of alkyl halides is 2. The van der Waals surface area contributed by atoms with Crippen LogP contribution in [0.1, 0.15) is 10.5 Å². The molecule has 0 bridgehead atoms. The summed E-state index contributed by atoms with van der Waals surface area (Å²) in [4.78, 5) is 27.5. The molecule has 1 atom stereocenters. The van der Waals surface area contributed by atoms with Crippen molar-refractivity contribution in [2.45, 2.75) is 12.5 Å². The maximum absolute atomic E-state index is 11.9. The van der Waals surface area contributed by atoms with Gasteiger partial charge in [0.25, 0.3) is 17.9 Å². The molecule has 0 aliphatic heterocycles. The molecular weight excluding hydrogens is 224 g/mol. The maximum atomic E-state index is 11.9. The first-order valence-electron chi connectivity index (χ1n) is 4.30. The molecule has 16 heavy (non-hydrogen) atoms. The van der Waals surface area contributed by atoms with Crippen molar-refractivity contribution in [3.63, 3.8) is 0 Å². The lowest BCUT2D eigenvalue weighted by atomic mass is 10.3. The fourth-order valence-electron chi connectivity index (χ4n) is 0.843. The number of carbonyl (C=O) groups is 1. The number of rotatable bonds is 4. The SMILES string of the molecule is O=C(NCC(O)C(F)F)c1c[nH]c(=O)cn1. The minimum absolute atomic E-state index is 0.124. The molecule has 1 unspecified atom stereocenters. The van der Waals surface area contributed by atoms with Gasteiger partial charge in [-0.3, -0.25) is 9.59 Å². The Morgan fingerprint density at radius 1 is 1.62 bits per heavy atom. The van der Waals surface area contributed by atoms with Crippen LogP contribution in [0.3, 0.4) is 0 Å². The lowest BCUT2D eigenvalue weighted by Gasteiger charge is -2.09. The highest BCUT2D eigenvalue weighted by Gasteiger charge is 2.18. The largest absolute Gasteiger partial charge is 0.385 e. The lowest BCUT2D eigenvalue weighted by Crippen LogP contribution is -2.36. The third-order valence-electron chi connectivity index (χ3n) is 1.67. The van der Waals surface area contributed by atoms with Crippen LogP contribution in [0.15, 0.2) is 17.2 Å². The second-order valence-electron chi connectivity index (χ2n) is 2.91. The van der Waals surface area contributed by atoms with Gasteiger partial charge in [-0.15, -0.1) is 0 Å². The summed E-state index contributed by atoms with van der Waals surface area (Å²) in [6.45, 7) is -0.586. The normalized spacial score (nSPS) is 12.5. The van der Waals surface area contributed by atoms with Gasteiger partial charge in [0.15, 0.2) is 0 Å². The minimum atomic E-state index is -2.93. The van der Waals surface area contributed by atoms with E-state index in [1.165, 1.54) is 0 Å². The molecule has 0 saturated heterocycles. The Balaban J connectivity index is 2.53. The number of hydrogen-bond donors (Lipinski definition) is 3. The van der Waals surface area contributed by atoms with Gasteiger partial charge in [0.1, 0.15) is 11.8 Å². The van der Waals surface area contributed by atoms with E-state index in [2.05, 4.69) is 9.97 Å². The first-order chi connectivity index (χ1) is 7.50. The van der Waals surface area contributed by atoms with Crippen LogP contribution < -0.4 is 10.9 Å². The molecule has 8 heteroatoms. The molecule has 1 amide bonds. The third-order valence-corrected chi connectivity index (χ3v) is 1.67. The van der Waals surface area contributed by atoms with Crippen LogP contribution in [0, 0.1) is 0 Å². The van der Waals surface area contributed by atoms with E-state index < -0.39 is 30.5 Å². The average molecular weight is 233 g/mol. The number of carbonyl (C=O) groups excluding carboxylic acids is 1. The zero-order valence-corrected chi connectivity index (χ0v) is 7.98. The van der Waals surface area contributed by atoms with Crippen molar-refractivity contribution in [2.75, 3.05) is 6.54 Å². The Bertz CT molecular complexity index is 401. The van der Waals surface area contributed by atoms with Gasteiger partial charge in [-0.05, 0) is 0 Å². The lowest BCUT2D eigenvalue weighted by molar-refractivity contribution is -0.00273. The van der Waals surface area contributed by atoms with Gasteiger partial charge in [-0.2, -0.15) is 0 Å². The van der Waals surface area contributed by atoms with E-state index in [4.69, 9.17) is 5.11 Å². The van der Waals surface area contributed by atoms with Crippen LogP contribution in [-0.2, 0) is 0 Å². The number of halogens is 2. The molecule has 0 aromatic carbocycles.